The van der Waals surface area contributed by atoms with Gasteiger partial charge in [0.15, 0.2) is 0 Å². The first kappa shape index (κ1) is 12.8. The number of Topliss-reactive ketones (excluding diaryl/α,β-unsaturated/α-hetero) is 1. The molecule has 1 fully saturated rings. The third-order valence-electron chi connectivity index (χ3n) is 2.49. The van der Waals surface area contributed by atoms with E-state index in [1.807, 2.05) is 0 Å². The van der Waals surface area contributed by atoms with Gasteiger partial charge < -0.3 is 4.74 Å². The predicted octanol–water partition coefficient (Wildman–Crippen LogP) is 2.75. The summed E-state index contributed by atoms with van der Waals surface area (Å²) in [6.45, 7) is 0.360. The first-order chi connectivity index (χ1) is 8.38. The topological polar surface area (TPSA) is 39.2 Å². The molecule has 1 heterocycles. The number of pyridine rings is 1. The molecule has 0 spiro atoms. The van der Waals surface area contributed by atoms with Crippen LogP contribution in [0.3, 0.4) is 0 Å². The number of carbonyl (C=O) groups excluding carboxylic acids is 1. The van der Waals surface area contributed by atoms with Gasteiger partial charge in [-0.05, 0) is 24.8 Å². The average molecular weight is 263 g/mol. The molecule has 18 heavy (non-hydrogen) atoms. The highest BCUT2D eigenvalue weighted by Crippen LogP contribution is 2.29. The van der Waals surface area contributed by atoms with Crippen LogP contribution in [-0.2, 0) is 0 Å². The first-order valence-electron chi connectivity index (χ1n) is 5.29. The number of rotatable bonds is 4. The first-order valence-corrected chi connectivity index (χ1v) is 5.29. The van der Waals surface area contributed by atoms with Crippen molar-refractivity contribution in [3.63, 3.8) is 0 Å². The summed E-state index contributed by atoms with van der Waals surface area (Å²) in [6.07, 6.45) is -3.07. The van der Waals surface area contributed by atoms with Crippen molar-refractivity contribution in [1.82, 2.24) is 4.98 Å². The highest BCUT2D eigenvalue weighted by atomic mass is 19.4. The molecule has 0 atom stereocenters. The van der Waals surface area contributed by atoms with E-state index in [9.17, 15) is 22.4 Å². The molecule has 1 aliphatic carbocycles. The largest absolute Gasteiger partial charge is 0.477 e. The summed E-state index contributed by atoms with van der Waals surface area (Å²) >= 11 is 0. The summed E-state index contributed by atoms with van der Waals surface area (Å²) in [6, 6.07) is 1.80. The number of hydrogen-bond acceptors (Lipinski definition) is 3. The number of nitrogens with zero attached hydrogens (tertiary/aromatic N) is 1. The maximum atomic E-state index is 13.3. The molecular formula is C11H9F4NO2. The molecule has 0 aliphatic heterocycles. The smallest absolute Gasteiger partial charge is 0.455 e. The van der Waals surface area contributed by atoms with Gasteiger partial charge in [0.2, 0.25) is 11.8 Å². The van der Waals surface area contributed by atoms with Crippen LogP contribution in [0.5, 0.6) is 5.88 Å². The van der Waals surface area contributed by atoms with E-state index in [1.165, 1.54) is 0 Å². The summed E-state index contributed by atoms with van der Waals surface area (Å²) in [4.78, 5) is 14.0. The number of ketones is 1. The van der Waals surface area contributed by atoms with Gasteiger partial charge in [-0.25, -0.2) is 0 Å². The third kappa shape index (κ3) is 2.96. The van der Waals surface area contributed by atoms with Crippen molar-refractivity contribution >= 4 is 5.78 Å². The average Bonchev–Trinajstić information content (AvgIpc) is 3.08. The number of ether oxygens (including phenoxy) is 1. The quantitative estimate of drug-likeness (QED) is 0.476. The predicted molar refractivity (Wildman–Crippen MR) is 52.8 cm³/mol. The van der Waals surface area contributed by atoms with Crippen molar-refractivity contribution in [2.24, 2.45) is 5.92 Å². The summed E-state index contributed by atoms with van der Waals surface area (Å²) < 4.78 is 54.7. The van der Waals surface area contributed by atoms with Crippen molar-refractivity contribution in [3.8, 4) is 5.88 Å². The van der Waals surface area contributed by atoms with E-state index in [-0.39, 0.29) is 5.88 Å². The van der Waals surface area contributed by atoms with E-state index in [0.29, 0.717) is 12.5 Å². The Bertz CT molecular complexity index is 469. The lowest BCUT2D eigenvalue weighted by Gasteiger charge is -2.08. The zero-order chi connectivity index (χ0) is 13.3. The maximum absolute atomic E-state index is 13.3. The molecule has 0 radical (unpaired) electrons. The second-order valence-corrected chi connectivity index (χ2v) is 4.07. The van der Waals surface area contributed by atoms with Crippen molar-refractivity contribution < 1.29 is 27.1 Å². The van der Waals surface area contributed by atoms with Crippen LogP contribution in [-0.4, -0.2) is 23.6 Å². The van der Waals surface area contributed by atoms with E-state index >= 15 is 0 Å². The zero-order valence-corrected chi connectivity index (χ0v) is 9.13. The molecule has 1 aliphatic rings. The molecule has 7 heteroatoms. The van der Waals surface area contributed by atoms with Crippen LogP contribution in [0.15, 0.2) is 12.1 Å². The molecule has 0 amide bonds. The standard InChI is InChI=1S/C11H9F4NO2/c12-10-7(9(17)11(13,14)15)3-4-8(16-10)18-5-6-1-2-6/h3-4,6H,1-2,5H2. The van der Waals surface area contributed by atoms with Crippen LogP contribution in [0.4, 0.5) is 17.6 Å². The van der Waals surface area contributed by atoms with Gasteiger partial charge in [-0.15, -0.1) is 0 Å². The highest BCUT2D eigenvalue weighted by Gasteiger charge is 2.41. The fourth-order valence-electron chi connectivity index (χ4n) is 1.31. The Labute approximate surface area is 99.8 Å². The molecule has 2 rings (SSSR count). The third-order valence-corrected chi connectivity index (χ3v) is 2.49. The van der Waals surface area contributed by atoms with Crippen molar-refractivity contribution in [3.05, 3.63) is 23.6 Å². The van der Waals surface area contributed by atoms with Crippen LogP contribution >= 0.6 is 0 Å². The van der Waals surface area contributed by atoms with E-state index in [1.54, 1.807) is 0 Å². The van der Waals surface area contributed by atoms with Crippen LogP contribution in [0, 0.1) is 11.9 Å². The Hall–Kier alpha value is -1.66. The minimum atomic E-state index is -5.11. The van der Waals surface area contributed by atoms with Gasteiger partial charge in [0.25, 0.3) is 5.78 Å². The summed E-state index contributed by atoms with van der Waals surface area (Å²) in [5, 5.41) is 0. The Morgan fingerprint density at radius 3 is 2.56 bits per heavy atom. The number of halogens is 4. The summed E-state index contributed by atoms with van der Waals surface area (Å²) in [5.74, 6) is -3.42. The SMILES string of the molecule is O=C(c1ccc(OCC2CC2)nc1F)C(F)(F)F. The maximum Gasteiger partial charge on any atom is 0.455 e. The van der Waals surface area contributed by atoms with Crippen LogP contribution in [0.1, 0.15) is 23.2 Å². The van der Waals surface area contributed by atoms with Gasteiger partial charge in [-0.2, -0.15) is 22.5 Å². The van der Waals surface area contributed by atoms with Gasteiger partial charge in [0.1, 0.15) is 0 Å². The molecule has 1 aromatic heterocycles. The number of aromatic nitrogens is 1. The van der Waals surface area contributed by atoms with Crippen LogP contribution < -0.4 is 4.74 Å². The Kier molecular flexibility index (Phi) is 3.23. The minimum Gasteiger partial charge on any atom is -0.477 e. The summed E-state index contributed by atoms with van der Waals surface area (Å²) in [5.41, 5.74) is -1.10. The lowest BCUT2D eigenvalue weighted by atomic mass is 10.2. The highest BCUT2D eigenvalue weighted by molar-refractivity contribution is 6.00. The number of carbonyl (C=O) groups is 1. The van der Waals surface area contributed by atoms with E-state index < -0.39 is 23.5 Å². The van der Waals surface area contributed by atoms with E-state index in [0.717, 1.165) is 25.0 Å². The minimum absolute atomic E-state index is 0.113. The molecule has 0 aromatic carbocycles. The Morgan fingerprint density at radius 1 is 1.39 bits per heavy atom. The monoisotopic (exact) mass is 263 g/mol. The van der Waals surface area contributed by atoms with Gasteiger partial charge >= 0.3 is 6.18 Å². The van der Waals surface area contributed by atoms with Crippen molar-refractivity contribution in [2.75, 3.05) is 6.61 Å². The molecule has 0 saturated heterocycles. The molecular weight excluding hydrogens is 254 g/mol. The molecule has 98 valence electrons. The lowest BCUT2D eigenvalue weighted by Crippen LogP contribution is -2.24. The Balaban J connectivity index is 2.11. The molecule has 0 bridgehead atoms. The number of hydrogen-bond donors (Lipinski definition) is 0. The Morgan fingerprint density at radius 2 is 2.06 bits per heavy atom. The summed E-state index contributed by atoms with van der Waals surface area (Å²) in [7, 11) is 0. The zero-order valence-electron chi connectivity index (χ0n) is 9.13. The number of alkyl halides is 3. The molecule has 0 N–H and O–H groups in total. The molecule has 3 nitrogen and oxygen atoms in total. The molecule has 1 aromatic rings. The van der Waals surface area contributed by atoms with Crippen molar-refractivity contribution in [2.45, 2.75) is 19.0 Å². The van der Waals surface area contributed by atoms with Gasteiger partial charge in [-0.3, -0.25) is 4.79 Å². The van der Waals surface area contributed by atoms with Crippen LogP contribution in [0.2, 0.25) is 0 Å². The van der Waals surface area contributed by atoms with E-state index in [2.05, 4.69) is 4.98 Å². The van der Waals surface area contributed by atoms with Gasteiger partial charge in [-0.1, -0.05) is 0 Å². The van der Waals surface area contributed by atoms with Crippen molar-refractivity contribution in [1.29, 1.82) is 0 Å². The fraction of sp³-hybridized carbons (Fsp3) is 0.455. The molecule has 1 saturated carbocycles. The van der Waals surface area contributed by atoms with Crippen LogP contribution in [0.25, 0.3) is 0 Å². The molecule has 0 unspecified atom stereocenters. The van der Waals surface area contributed by atoms with E-state index in [4.69, 9.17) is 4.74 Å². The van der Waals surface area contributed by atoms with Gasteiger partial charge in [0.05, 0.1) is 12.2 Å². The lowest BCUT2D eigenvalue weighted by molar-refractivity contribution is -0.0888. The normalized spacial score (nSPS) is 15.6. The van der Waals surface area contributed by atoms with Gasteiger partial charge in [0, 0.05) is 6.07 Å². The second-order valence-electron chi connectivity index (χ2n) is 4.07. The fourth-order valence-corrected chi connectivity index (χ4v) is 1.31. The second kappa shape index (κ2) is 4.55.